The molecule has 4 heterocycles. The number of phenols is 1. The van der Waals surface area contributed by atoms with Gasteiger partial charge in [-0.15, -0.1) is 22.7 Å². The Morgan fingerprint density at radius 1 is 0.551 bits per heavy atom. The molecule has 594 valence electrons. The van der Waals surface area contributed by atoms with Gasteiger partial charge in [0.1, 0.15) is 29.7 Å². The number of ether oxygens (including phenoxy) is 2. The zero-order valence-corrected chi connectivity index (χ0v) is 68.7. The normalized spacial score (nSPS) is 18.3. The van der Waals surface area contributed by atoms with Gasteiger partial charge in [-0.1, -0.05) is 165 Å². The number of nitrogens with one attached hydrogen (secondary N) is 2. The Hall–Kier alpha value is -7.08. The van der Waals surface area contributed by atoms with Crippen molar-refractivity contribution in [2.45, 2.75) is 273 Å². The van der Waals surface area contributed by atoms with Crippen LogP contribution in [0.2, 0.25) is 0 Å². The zero-order chi connectivity index (χ0) is 79.0. The largest absolute Gasteiger partial charge is 0.508 e. The van der Waals surface area contributed by atoms with Crippen LogP contribution >= 0.6 is 22.7 Å². The van der Waals surface area contributed by atoms with Crippen molar-refractivity contribution in [1.82, 2.24) is 40.2 Å². The van der Waals surface area contributed by atoms with Gasteiger partial charge >= 0.3 is 11.9 Å². The summed E-state index contributed by atoms with van der Waals surface area (Å²) in [5, 5.41) is 20.9. The number of carbonyl (C=O) groups is 10. The number of likely N-dealkylation sites (tertiary alicyclic amines) is 2. The first kappa shape index (κ1) is 90.5. The molecule has 2 aromatic carbocycles. The van der Waals surface area contributed by atoms with Crippen LogP contribution in [0.5, 0.6) is 5.75 Å². The number of aromatic hydroxyl groups is 1. The summed E-state index contributed by atoms with van der Waals surface area (Å²) >= 11 is 2.79. The summed E-state index contributed by atoms with van der Waals surface area (Å²) in [4.78, 5) is 149. The molecule has 2 aromatic heterocycles. The Balaban J connectivity index is 0.000000384. The number of aromatic nitrogens is 2. The number of phenolic OH excluding ortho intramolecular Hbond substituents is 1. The van der Waals surface area contributed by atoms with Crippen LogP contribution in [0.25, 0.3) is 0 Å². The van der Waals surface area contributed by atoms with Crippen LogP contribution in [0.3, 0.4) is 0 Å². The number of esters is 2. The SMILES string of the molecule is CCCC(=O)OCN(C(=O)[C@@H](CC(=O)[C@H]1CCCCN1C)C(C)CC)[C@H](C[C@@H](C)c1nc(C(=O)N[C@@H](Cc2ccc(O)cc2)C[C@H](C)C=O)cs1)C(C)C.CCCC(=O)OCN(C(=O)[C@@H](CC(=O)[C@H]1CCCCN1C)C(C)CC)[C@H](C[C@@H](C)c1nc(C(=O)N[C@@H](Cc2ccccc2)C[C@H](C)C=O)cs1)C(C)C. The third-order valence-electron chi connectivity index (χ3n) is 21.7. The maximum absolute atomic E-state index is 14.7. The molecule has 107 heavy (non-hydrogen) atoms. The number of aldehydes is 2. The van der Waals surface area contributed by atoms with Gasteiger partial charge in [-0.05, 0) is 151 Å². The standard InChI is InChI=1S/C42H64N4O7S.C42H64N4O6S/c1-9-13-39(50)53-26-46(42(52)34(29(6)10-2)23-38(49)36-14-11-12-19-45(36)8)37(27(3)4)21-30(7)41-44-35(25-54-41)40(51)43-32(20-28(5)24-47)22-31-15-17-33(48)18-16-31;1-9-16-39(49)52-27-46(42(51)34(30(6)10-2)24-38(48)36-19-14-15-20-45(36)8)37(28(3)4)22-31(7)41-44-35(26-53-41)40(50)43-33(21-29(5)25-47)23-32-17-12-11-13-18-32/h15-18,24-25,27-30,32,34,36-37,48H,9-14,19-23,26H2,1-8H3,(H,43,51);11-13,17-18,25-26,28-31,33-34,36-37H,9-10,14-16,19-24,27H2,1-8H3,(H,43,50)/t28-,29?,30+,32+,34-,36+,37+;29-,30?,31+,33+,34-,36+,37+/m00/s1. The highest BCUT2D eigenvalue weighted by molar-refractivity contribution is 7.10. The summed E-state index contributed by atoms with van der Waals surface area (Å²) < 4.78 is 11.4. The molecule has 0 aliphatic carbocycles. The van der Waals surface area contributed by atoms with Crippen LogP contribution in [0.1, 0.15) is 266 Å². The van der Waals surface area contributed by atoms with Crippen LogP contribution in [0.4, 0.5) is 0 Å². The Bertz CT molecular complexity index is 3420. The molecule has 4 amide bonds. The van der Waals surface area contributed by atoms with Crippen molar-refractivity contribution in [2.75, 3.05) is 40.6 Å². The van der Waals surface area contributed by atoms with Crippen LogP contribution in [-0.2, 0) is 60.7 Å². The van der Waals surface area contributed by atoms with Gasteiger partial charge in [0.25, 0.3) is 11.8 Å². The number of ketones is 2. The highest BCUT2D eigenvalue weighted by Gasteiger charge is 2.41. The molecule has 23 heteroatoms. The average molecular weight is 1520 g/mol. The Morgan fingerprint density at radius 2 is 0.935 bits per heavy atom. The van der Waals surface area contributed by atoms with Gasteiger partial charge in [0.2, 0.25) is 11.8 Å². The minimum absolute atomic E-state index is 0.00493. The van der Waals surface area contributed by atoms with Crippen molar-refractivity contribution < 1.29 is 62.5 Å². The molecule has 2 fully saturated rings. The molecule has 6 rings (SSSR count). The number of benzene rings is 2. The second-order valence-electron chi connectivity index (χ2n) is 31.4. The number of carbonyl (C=O) groups excluding carboxylic acids is 10. The summed E-state index contributed by atoms with van der Waals surface area (Å²) in [6, 6.07) is 15.1. The summed E-state index contributed by atoms with van der Waals surface area (Å²) in [5.41, 5.74) is 2.59. The number of rotatable bonds is 44. The Morgan fingerprint density at radius 3 is 1.28 bits per heavy atom. The predicted molar refractivity (Wildman–Crippen MR) is 423 cm³/mol. The second-order valence-corrected chi connectivity index (χ2v) is 33.1. The van der Waals surface area contributed by atoms with E-state index in [1.807, 2.05) is 128 Å². The number of likely N-dealkylation sites (N-methyl/N-ethyl adjacent to an activating group) is 2. The first-order valence-corrected chi connectivity index (χ1v) is 41.4. The highest BCUT2D eigenvalue weighted by atomic mass is 32.1. The first-order valence-electron chi connectivity index (χ1n) is 39.6. The summed E-state index contributed by atoms with van der Waals surface area (Å²) in [7, 11) is 3.97. The van der Waals surface area contributed by atoms with Gasteiger partial charge in [-0.2, -0.15) is 0 Å². The molecule has 4 aromatic rings. The number of piperidine rings is 2. The Kier molecular flexibility index (Phi) is 39.3. The maximum atomic E-state index is 14.7. The molecule has 0 saturated carbocycles. The molecule has 2 aliphatic rings. The minimum Gasteiger partial charge on any atom is -0.508 e. The highest BCUT2D eigenvalue weighted by Crippen LogP contribution is 2.36. The van der Waals surface area contributed by atoms with E-state index in [1.54, 1.807) is 44.8 Å². The van der Waals surface area contributed by atoms with E-state index in [-0.39, 0.29) is 181 Å². The smallest absolute Gasteiger partial charge is 0.307 e. The van der Waals surface area contributed by atoms with Gasteiger partial charge in [0.15, 0.2) is 25.0 Å². The molecule has 0 bridgehead atoms. The van der Waals surface area contributed by atoms with Gasteiger partial charge in [-0.3, -0.25) is 48.2 Å². The van der Waals surface area contributed by atoms with E-state index in [0.29, 0.717) is 57.1 Å². The van der Waals surface area contributed by atoms with Crippen molar-refractivity contribution >= 4 is 82.4 Å². The molecule has 0 spiro atoms. The number of hydrogen-bond donors (Lipinski definition) is 3. The maximum Gasteiger partial charge on any atom is 0.307 e. The van der Waals surface area contributed by atoms with E-state index >= 15 is 0 Å². The number of Topliss-reactive ketones (excluding diaryl/α,β-unsaturated/α-hetero) is 2. The summed E-state index contributed by atoms with van der Waals surface area (Å²) in [5.74, 6) is -3.25. The molecule has 2 saturated heterocycles. The molecule has 0 radical (unpaired) electrons. The minimum atomic E-state index is -0.550. The van der Waals surface area contributed by atoms with E-state index in [4.69, 9.17) is 19.4 Å². The first-order chi connectivity index (χ1) is 51.0. The number of hydrogen-bond acceptors (Lipinski definition) is 19. The lowest BCUT2D eigenvalue weighted by Gasteiger charge is -2.39. The lowest BCUT2D eigenvalue weighted by molar-refractivity contribution is -0.161. The molecule has 2 aliphatic heterocycles. The van der Waals surface area contributed by atoms with Crippen molar-refractivity contribution in [1.29, 1.82) is 0 Å². The summed E-state index contributed by atoms with van der Waals surface area (Å²) in [6.07, 6.45) is 14.2. The van der Waals surface area contributed by atoms with Gasteiger partial charge in [0, 0.05) is 96.1 Å². The van der Waals surface area contributed by atoms with E-state index in [1.165, 1.54) is 22.7 Å². The molecule has 2 unspecified atom stereocenters. The van der Waals surface area contributed by atoms with Crippen molar-refractivity contribution in [3.05, 3.63) is 97.9 Å². The molecular weight excluding hydrogens is 1390 g/mol. The van der Waals surface area contributed by atoms with Gasteiger partial charge < -0.3 is 44.6 Å². The second kappa shape index (κ2) is 46.4. The summed E-state index contributed by atoms with van der Waals surface area (Å²) in [6.45, 7) is 29.2. The van der Waals surface area contributed by atoms with E-state index in [9.17, 15) is 53.1 Å². The molecule has 21 nitrogen and oxygen atoms in total. The molecule has 3 N–H and O–H groups in total. The van der Waals surface area contributed by atoms with Gasteiger partial charge in [-0.25, -0.2) is 9.97 Å². The van der Waals surface area contributed by atoms with E-state index < -0.39 is 11.8 Å². The topological polar surface area (TPSA) is 272 Å². The predicted octanol–water partition coefficient (Wildman–Crippen LogP) is 14.6. The van der Waals surface area contributed by atoms with E-state index in [0.717, 1.165) is 98.2 Å². The third kappa shape index (κ3) is 29.0. The third-order valence-corrected chi connectivity index (χ3v) is 23.9. The lowest BCUT2D eigenvalue weighted by atomic mass is 9.82. The fraction of sp³-hybridized carbons (Fsp3) is 0.667. The number of thiazole rings is 2. The van der Waals surface area contributed by atoms with Crippen LogP contribution in [-0.4, -0.2) is 171 Å². The number of nitrogens with zero attached hydrogens (tertiary/aromatic N) is 6. The van der Waals surface area contributed by atoms with Crippen LogP contribution in [0.15, 0.2) is 65.4 Å². The average Bonchev–Trinajstić information content (AvgIpc) is 1.49. The van der Waals surface area contributed by atoms with Crippen molar-refractivity contribution in [3.63, 3.8) is 0 Å². The Labute approximate surface area is 646 Å². The monoisotopic (exact) mass is 1520 g/mol. The fourth-order valence-electron chi connectivity index (χ4n) is 14.6. The van der Waals surface area contributed by atoms with Crippen LogP contribution < -0.4 is 10.6 Å². The number of amides is 4. The zero-order valence-electron chi connectivity index (χ0n) is 67.1. The van der Waals surface area contributed by atoms with Crippen molar-refractivity contribution in [3.8, 4) is 5.75 Å². The van der Waals surface area contributed by atoms with E-state index in [2.05, 4.69) is 34.3 Å². The molecule has 14 atom stereocenters. The fourth-order valence-corrected chi connectivity index (χ4v) is 16.4. The van der Waals surface area contributed by atoms with Crippen LogP contribution in [0, 0.1) is 47.3 Å². The van der Waals surface area contributed by atoms with Crippen molar-refractivity contribution in [2.24, 2.45) is 47.3 Å². The van der Waals surface area contributed by atoms with Gasteiger partial charge in [0.05, 0.1) is 22.1 Å². The molecular formula is C84H128N8O13S2. The lowest BCUT2D eigenvalue weighted by Crippen LogP contribution is -2.50. The quantitative estimate of drug-likeness (QED) is 0.0211.